The first kappa shape index (κ1) is 14.4. The smallest absolute Gasteiger partial charge is 0.0762 e. The van der Waals surface area contributed by atoms with Crippen LogP contribution in [0, 0.1) is 0 Å². The van der Waals surface area contributed by atoms with Crippen molar-refractivity contribution in [2.45, 2.75) is 75.9 Å². The van der Waals surface area contributed by atoms with Crippen LogP contribution in [0.15, 0.2) is 12.3 Å². The van der Waals surface area contributed by atoms with Crippen molar-refractivity contribution in [3.8, 4) is 0 Å². The number of hydrogen-bond acceptors (Lipinski definition) is 2. The van der Waals surface area contributed by atoms with Crippen molar-refractivity contribution >= 4 is 11.6 Å². The van der Waals surface area contributed by atoms with E-state index in [1.54, 1.807) is 0 Å². The summed E-state index contributed by atoms with van der Waals surface area (Å²) < 4.78 is 2.19. The van der Waals surface area contributed by atoms with Crippen molar-refractivity contribution in [1.82, 2.24) is 15.1 Å². The van der Waals surface area contributed by atoms with Gasteiger partial charge in [-0.2, -0.15) is 5.10 Å². The van der Waals surface area contributed by atoms with Crippen LogP contribution in [-0.2, 0) is 6.54 Å². The molecule has 2 saturated carbocycles. The molecular weight excluding hydrogens is 270 g/mol. The van der Waals surface area contributed by atoms with E-state index in [0.29, 0.717) is 6.04 Å². The first-order valence-corrected chi connectivity index (χ1v) is 8.70. The summed E-state index contributed by atoms with van der Waals surface area (Å²) in [6.45, 7) is 0.854. The molecule has 0 unspecified atom stereocenters. The molecule has 2 aliphatic rings. The number of alkyl halides is 1. The van der Waals surface area contributed by atoms with E-state index in [-0.39, 0.29) is 5.54 Å². The van der Waals surface area contributed by atoms with Crippen LogP contribution in [0.4, 0.5) is 0 Å². The van der Waals surface area contributed by atoms with E-state index in [9.17, 15) is 0 Å². The highest BCUT2D eigenvalue weighted by molar-refractivity contribution is 6.18. The zero-order valence-corrected chi connectivity index (χ0v) is 13.0. The lowest BCUT2D eigenvalue weighted by atomic mass is 9.96. The molecule has 0 bridgehead atoms. The van der Waals surface area contributed by atoms with Crippen molar-refractivity contribution < 1.29 is 0 Å². The first-order chi connectivity index (χ1) is 9.81. The molecule has 0 amide bonds. The molecule has 2 fully saturated rings. The summed E-state index contributed by atoms with van der Waals surface area (Å²) in [4.78, 5) is 0. The lowest BCUT2D eigenvalue weighted by Gasteiger charge is -2.27. The molecule has 0 atom stereocenters. The summed E-state index contributed by atoms with van der Waals surface area (Å²) in [6.07, 6.45) is 13.9. The van der Waals surface area contributed by atoms with Gasteiger partial charge in [0, 0.05) is 24.2 Å². The van der Waals surface area contributed by atoms with Crippen LogP contribution in [0.2, 0.25) is 0 Å². The molecule has 1 heterocycles. The quantitative estimate of drug-likeness (QED) is 0.831. The zero-order chi connectivity index (χ0) is 13.8. The Labute approximate surface area is 127 Å². The molecule has 3 nitrogen and oxygen atoms in total. The Bertz CT molecular complexity index is 417. The van der Waals surface area contributed by atoms with Gasteiger partial charge in [-0.25, -0.2) is 0 Å². The maximum Gasteiger partial charge on any atom is 0.0762 e. The van der Waals surface area contributed by atoms with Crippen molar-refractivity contribution in [2.24, 2.45) is 0 Å². The minimum Gasteiger partial charge on any atom is -0.304 e. The Balaban J connectivity index is 1.56. The third-order valence-corrected chi connectivity index (χ3v) is 5.58. The van der Waals surface area contributed by atoms with Crippen LogP contribution in [0.25, 0.3) is 0 Å². The predicted octanol–water partition coefficient (Wildman–Crippen LogP) is 4.03. The van der Waals surface area contributed by atoms with Gasteiger partial charge in [-0.15, -0.1) is 11.6 Å². The first-order valence-electron chi connectivity index (χ1n) is 8.16. The molecular formula is C16H26ClN3. The molecule has 1 N–H and O–H groups in total. The maximum absolute atomic E-state index is 6.17. The van der Waals surface area contributed by atoms with E-state index in [2.05, 4.69) is 22.3 Å². The fourth-order valence-corrected chi connectivity index (χ4v) is 4.07. The normalized spacial score (nSPS) is 23.2. The van der Waals surface area contributed by atoms with Crippen LogP contribution >= 0.6 is 11.6 Å². The number of rotatable bonds is 5. The predicted molar refractivity (Wildman–Crippen MR) is 83.1 cm³/mol. The summed E-state index contributed by atoms with van der Waals surface area (Å²) in [5.41, 5.74) is 1.32. The Kier molecular flexibility index (Phi) is 4.67. The third-order valence-electron chi connectivity index (χ3n) is 5.07. The summed E-state index contributed by atoms with van der Waals surface area (Å²) in [7, 11) is 0. The highest BCUT2D eigenvalue weighted by Gasteiger charge is 2.32. The molecule has 0 aliphatic heterocycles. The van der Waals surface area contributed by atoms with Crippen LogP contribution in [-0.4, -0.2) is 21.2 Å². The SMILES string of the molecule is ClCC1(NCc2ccn(C3CCCCC3)n2)CCCC1. The highest BCUT2D eigenvalue weighted by atomic mass is 35.5. The van der Waals surface area contributed by atoms with Crippen molar-refractivity contribution in [1.29, 1.82) is 0 Å². The fraction of sp³-hybridized carbons (Fsp3) is 0.812. The van der Waals surface area contributed by atoms with Gasteiger partial charge < -0.3 is 5.32 Å². The molecule has 4 heteroatoms. The van der Waals surface area contributed by atoms with E-state index in [0.717, 1.165) is 18.1 Å². The fourth-order valence-electron chi connectivity index (χ4n) is 3.71. The second-order valence-electron chi connectivity index (χ2n) is 6.55. The van der Waals surface area contributed by atoms with Gasteiger partial charge in [0.05, 0.1) is 11.7 Å². The molecule has 2 aliphatic carbocycles. The van der Waals surface area contributed by atoms with Gasteiger partial charge in [-0.1, -0.05) is 32.1 Å². The molecule has 112 valence electrons. The minimum absolute atomic E-state index is 0.163. The average Bonchev–Trinajstić information content (AvgIpc) is 3.16. The summed E-state index contributed by atoms with van der Waals surface area (Å²) in [5.74, 6) is 0.719. The van der Waals surface area contributed by atoms with Gasteiger partial charge in [0.15, 0.2) is 0 Å². The molecule has 0 spiro atoms. The molecule has 1 aromatic rings. The van der Waals surface area contributed by atoms with Crippen molar-refractivity contribution in [3.63, 3.8) is 0 Å². The average molecular weight is 296 g/mol. The number of halogens is 1. The number of aromatic nitrogens is 2. The minimum atomic E-state index is 0.163. The maximum atomic E-state index is 6.17. The third kappa shape index (κ3) is 3.20. The summed E-state index contributed by atoms with van der Waals surface area (Å²) in [6, 6.07) is 2.80. The summed E-state index contributed by atoms with van der Waals surface area (Å²) in [5, 5.41) is 8.44. The number of hydrogen-bond donors (Lipinski definition) is 1. The Morgan fingerprint density at radius 3 is 2.65 bits per heavy atom. The van der Waals surface area contributed by atoms with Crippen molar-refractivity contribution in [3.05, 3.63) is 18.0 Å². The lowest BCUT2D eigenvalue weighted by Crippen LogP contribution is -2.44. The Morgan fingerprint density at radius 1 is 1.20 bits per heavy atom. The van der Waals surface area contributed by atoms with Crippen molar-refractivity contribution in [2.75, 3.05) is 5.88 Å². The molecule has 0 saturated heterocycles. The molecule has 20 heavy (non-hydrogen) atoms. The second kappa shape index (κ2) is 6.48. The van der Waals surface area contributed by atoms with Gasteiger partial charge in [-0.3, -0.25) is 4.68 Å². The Morgan fingerprint density at radius 2 is 1.95 bits per heavy atom. The highest BCUT2D eigenvalue weighted by Crippen LogP contribution is 2.31. The molecule has 0 radical (unpaired) electrons. The van der Waals surface area contributed by atoms with Crippen LogP contribution in [0.1, 0.15) is 69.5 Å². The molecule has 0 aromatic carbocycles. The largest absolute Gasteiger partial charge is 0.304 e. The monoisotopic (exact) mass is 295 g/mol. The van der Waals surface area contributed by atoms with Gasteiger partial charge in [-0.05, 0) is 31.7 Å². The van der Waals surface area contributed by atoms with E-state index in [1.165, 1.54) is 57.8 Å². The van der Waals surface area contributed by atoms with Gasteiger partial charge in [0.1, 0.15) is 0 Å². The van der Waals surface area contributed by atoms with Crippen LogP contribution in [0.5, 0.6) is 0 Å². The molecule has 3 rings (SSSR count). The van der Waals surface area contributed by atoms with E-state index in [1.807, 2.05) is 0 Å². The van der Waals surface area contributed by atoms with Gasteiger partial charge in [0.2, 0.25) is 0 Å². The van der Waals surface area contributed by atoms with Gasteiger partial charge >= 0.3 is 0 Å². The van der Waals surface area contributed by atoms with Crippen LogP contribution < -0.4 is 5.32 Å². The van der Waals surface area contributed by atoms with E-state index < -0.39 is 0 Å². The van der Waals surface area contributed by atoms with E-state index in [4.69, 9.17) is 16.7 Å². The summed E-state index contributed by atoms with van der Waals surface area (Å²) >= 11 is 6.17. The molecule has 1 aromatic heterocycles. The second-order valence-corrected chi connectivity index (χ2v) is 6.82. The Hall–Kier alpha value is -0.540. The lowest BCUT2D eigenvalue weighted by molar-refractivity contribution is 0.324. The van der Waals surface area contributed by atoms with Gasteiger partial charge in [0.25, 0.3) is 0 Å². The topological polar surface area (TPSA) is 29.9 Å². The van der Waals surface area contributed by atoms with E-state index >= 15 is 0 Å². The zero-order valence-electron chi connectivity index (χ0n) is 12.3. The van der Waals surface area contributed by atoms with Crippen LogP contribution in [0.3, 0.4) is 0 Å². The standard InChI is InChI=1S/C16H26ClN3/c17-13-16(9-4-5-10-16)18-12-14-8-11-20(19-14)15-6-2-1-3-7-15/h8,11,15,18H,1-7,9-10,12-13H2. The number of nitrogens with zero attached hydrogens (tertiary/aromatic N) is 2. The number of nitrogens with one attached hydrogen (secondary N) is 1.